The lowest BCUT2D eigenvalue weighted by Gasteiger charge is -2.28. The van der Waals surface area contributed by atoms with Gasteiger partial charge in [0.25, 0.3) is 0 Å². The van der Waals surface area contributed by atoms with Crippen molar-refractivity contribution in [2.75, 3.05) is 5.88 Å². The Morgan fingerprint density at radius 3 is 2.95 bits per heavy atom. The lowest BCUT2D eigenvalue weighted by molar-refractivity contribution is 0.0809. The zero-order chi connectivity index (χ0) is 14.2. The van der Waals surface area contributed by atoms with E-state index in [1.165, 1.54) is 0 Å². The minimum absolute atomic E-state index is 0.186. The minimum atomic E-state index is -0.275. The Morgan fingerprint density at radius 1 is 1.35 bits per heavy atom. The molecule has 0 aromatic carbocycles. The highest BCUT2D eigenvalue weighted by Gasteiger charge is 2.34. The number of nitrogens with one attached hydrogen (secondary N) is 1. The zero-order valence-electron chi connectivity index (χ0n) is 11.5. The molecule has 1 aliphatic heterocycles. The van der Waals surface area contributed by atoms with Crippen molar-refractivity contribution in [3.63, 3.8) is 0 Å². The largest absolute Gasteiger partial charge is 0.298 e. The number of aromatic nitrogens is 1. The van der Waals surface area contributed by atoms with Crippen molar-refractivity contribution in [3.8, 4) is 11.8 Å². The van der Waals surface area contributed by atoms with Crippen molar-refractivity contribution < 1.29 is 4.79 Å². The molecule has 1 aromatic rings. The molecule has 1 aliphatic carbocycles. The van der Waals surface area contributed by atoms with Crippen LogP contribution in [0.3, 0.4) is 0 Å². The summed E-state index contributed by atoms with van der Waals surface area (Å²) in [6, 6.07) is 3.68. The van der Waals surface area contributed by atoms with E-state index in [1.807, 2.05) is 26.0 Å². The van der Waals surface area contributed by atoms with Crippen LogP contribution in [-0.2, 0) is 6.42 Å². The third-order valence-electron chi connectivity index (χ3n) is 3.57. The van der Waals surface area contributed by atoms with Crippen LogP contribution in [0.25, 0.3) is 0 Å². The van der Waals surface area contributed by atoms with Gasteiger partial charge in [-0.25, -0.2) is 4.98 Å². The fourth-order valence-corrected chi connectivity index (χ4v) is 2.81. The summed E-state index contributed by atoms with van der Waals surface area (Å²) in [7, 11) is 0. The van der Waals surface area contributed by atoms with Crippen molar-refractivity contribution in [3.05, 3.63) is 29.1 Å². The van der Waals surface area contributed by atoms with E-state index in [0.29, 0.717) is 5.69 Å². The number of carbonyl (C=O) groups excluding carboxylic acids is 1. The summed E-state index contributed by atoms with van der Waals surface area (Å²) in [6.07, 6.45) is 1.68. The number of hydrogen-bond donors (Lipinski definition) is 1. The van der Waals surface area contributed by atoms with Gasteiger partial charge in [0.05, 0.1) is 11.6 Å². The van der Waals surface area contributed by atoms with Gasteiger partial charge in [-0.05, 0) is 36.8 Å². The molecule has 2 heterocycles. The number of carbonyl (C=O) groups is 1. The molecule has 1 aromatic heterocycles. The van der Waals surface area contributed by atoms with Crippen LogP contribution in [0.4, 0.5) is 0 Å². The highest BCUT2D eigenvalue weighted by Crippen LogP contribution is 2.33. The lowest BCUT2D eigenvalue weighted by atomic mass is 9.75. The van der Waals surface area contributed by atoms with Gasteiger partial charge in [0.15, 0.2) is 10.8 Å². The second kappa shape index (κ2) is 4.95. The molecule has 0 unspecified atom stereocenters. The SMILES string of the molecule is CC1(C)CCc2nc(C#CC3=NNCS3)ccc2C1=O. The molecule has 0 saturated heterocycles. The van der Waals surface area contributed by atoms with Crippen molar-refractivity contribution >= 4 is 22.6 Å². The fraction of sp³-hybridized carbons (Fsp3) is 0.400. The normalized spacial score (nSPS) is 19.5. The van der Waals surface area contributed by atoms with Gasteiger partial charge >= 0.3 is 0 Å². The summed E-state index contributed by atoms with van der Waals surface area (Å²) in [4.78, 5) is 16.8. The molecule has 5 heteroatoms. The second-order valence-electron chi connectivity index (χ2n) is 5.52. The predicted molar refractivity (Wildman–Crippen MR) is 80.6 cm³/mol. The quantitative estimate of drug-likeness (QED) is 0.742. The van der Waals surface area contributed by atoms with Crippen LogP contribution >= 0.6 is 11.8 Å². The molecule has 0 atom stereocenters. The van der Waals surface area contributed by atoms with Gasteiger partial charge in [0.2, 0.25) is 0 Å². The number of rotatable bonds is 0. The third kappa shape index (κ3) is 2.44. The number of pyridine rings is 1. The van der Waals surface area contributed by atoms with Crippen LogP contribution in [0.2, 0.25) is 0 Å². The maximum atomic E-state index is 12.3. The van der Waals surface area contributed by atoms with Crippen LogP contribution in [0.1, 0.15) is 42.0 Å². The zero-order valence-corrected chi connectivity index (χ0v) is 12.3. The van der Waals surface area contributed by atoms with Crippen LogP contribution < -0.4 is 5.43 Å². The summed E-state index contributed by atoms with van der Waals surface area (Å²) >= 11 is 1.57. The molecular formula is C15H15N3OS. The van der Waals surface area contributed by atoms with Gasteiger partial charge in [0.1, 0.15) is 5.69 Å². The average molecular weight is 285 g/mol. The number of Topliss-reactive ketones (excluding diaryl/α,β-unsaturated/α-hetero) is 1. The highest BCUT2D eigenvalue weighted by atomic mass is 32.2. The van der Waals surface area contributed by atoms with Gasteiger partial charge in [0, 0.05) is 11.0 Å². The van der Waals surface area contributed by atoms with E-state index < -0.39 is 0 Å². The van der Waals surface area contributed by atoms with Crippen LogP contribution in [0.15, 0.2) is 17.2 Å². The van der Waals surface area contributed by atoms with E-state index in [2.05, 4.69) is 27.4 Å². The Kier molecular flexibility index (Phi) is 3.27. The van der Waals surface area contributed by atoms with E-state index >= 15 is 0 Å². The predicted octanol–water partition coefficient (Wildman–Crippen LogP) is 2.20. The van der Waals surface area contributed by atoms with Crippen LogP contribution in [-0.4, -0.2) is 21.7 Å². The molecule has 102 valence electrons. The topological polar surface area (TPSA) is 54.4 Å². The number of ketones is 1. The van der Waals surface area contributed by atoms with Crippen molar-refractivity contribution in [1.82, 2.24) is 10.4 Å². The molecule has 0 bridgehead atoms. The summed E-state index contributed by atoms with van der Waals surface area (Å²) in [5.74, 6) is 6.95. The van der Waals surface area contributed by atoms with Crippen LogP contribution in [0, 0.1) is 17.3 Å². The van der Waals surface area contributed by atoms with Gasteiger partial charge in [-0.15, -0.1) is 0 Å². The number of aryl methyl sites for hydroxylation is 1. The first-order chi connectivity index (χ1) is 9.56. The summed E-state index contributed by atoms with van der Waals surface area (Å²) in [5.41, 5.74) is 4.91. The van der Waals surface area contributed by atoms with Crippen molar-refractivity contribution in [2.45, 2.75) is 26.7 Å². The molecular weight excluding hydrogens is 270 g/mol. The smallest absolute Gasteiger partial charge is 0.170 e. The van der Waals surface area contributed by atoms with E-state index in [4.69, 9.17) is 0 Å². The van der Waals surface area contributed by atoms with E-state index in [1.54, 1.807) is 11.8 Å². The molecule has 3 rings (SSSR count). The van der Waals surface area contributed by atoms with E-state index in [9.17, 15) is 4.79 Å². The highest BCUT2D eigenvalue weighted by molar-refractivity contribution is 8.14. The summed E-state index contributed by atoms with van der Waals surface area (Å²) in [5, 5.41) is 4.82. The Labute approximate surface area is 122 Å². The molecule has 0 radical (unpaired) electrons. The van der Waals surface area contributed by atoms with E-state index in [0.717, 1.165) is 35.0 Å². The molecule has 1 N–H and O–H groups in total. The van der Waals surface area contributed by atoms with Crippen molar-refractivity contribution in [1.29, 1.82) is 0 Å². The van der Waals surface area contributed by atoms with Crippen LogP contribution in [0.5, 0.6) is 0 Å². The minimum Gasteiger partial charge on any atom is -0.298 e. The Balaban J connectivity index is 1.89. The maximum Gasteiger partial charge on any atom is 0.170 e. The van der Waals surface area contributed by atoms with Gasteiger partial charge in [-0.3, -0.25) is 10.2 Å². The van der Waals surface area contributed by atoms with Gasteiger partial charge < -0.3 is 0 Å². The third-order valence-corrected chi connectivity index (χ3v) is 4.31. The molecule has 4 nitrogen and oxygen atoms in total. The summed E-state index contributed by atoms with van der Waals surface area (Å²) < 4.78 is 0. The van der Waals surface area contributed by atoms with Gasteiger partial charge in [-0.2, -0.15) is 5.10 Å². The standard InChI is InChI=1S/C15H15N3OS/c1-15(2)8-7-12-11(14(15)19)5-3-10(17-12)4-6-13-18-16-9-20-13/h3,5,16H,7-9H2,1-2H3. The molecule has 0 fully saturated rings. The monoisotopic (exact) mass is 285 g/mol. The molecule has 2 aliphatic rings. The molecule has 0 amide bonds. The Hall–Kier alpha value is -1.80. The second-order valence-corrected chi connectivity index (χ2v) is 6.48. The van der Waals surface area contributed by atoms with Crippen molar-refractivity contribution in [2.24, 2.45) is 10.5 Å². The molecule has 20 heavy (non-hydrogen) atoms. The Morgan fingerprint density at radius 2 is 2.20 bits per heavy atom. The number of hydrogen-bond acceptors (Lipinski definition) is 5. The van der Waals surface area contributed by atoms with Gasteiger partial charge in [-0.1, -0.05) is 25.6 Å². The molecule has 0 saturated carbocycles. The fourth-order valence-electron chi connectivity index (χ4n) is 2.30. The lowest BCUT2D eigenvalue weighted by Crippen LogP contribution is -2.31. The number of thioether (sulfide) groups is 1. The first-order valence-corrected chi connectivity index (χ1v) is 7.55. The Bertz CT molecular complexity index is 667. The first-order valence-electron chi connectivity index (χ1n) is 6.56. The summed E-state index contributed by atoms with van der Waals surface area (Å²) in [6.45, 7) is 3.99. The van der Waals surface area contributed by atoms with E-state index in [-0.39, 0.29) is 11.2 Å². The number of hydrazone groups is 1. The molecule has 0 spiro atoms. The maximum absolute atomic E-state index is 12.3. The first kappa shape index (κ1) is 13.2. The average Bonchev–Trinajstić information content (AvgIpc) is 2.94. The number of nitrogens with zero attached hydrogens (tertiary/aromatic N) is 2. The number of fused-ring (bicyclic) bond motifs is 1.